The molecule has 1 unspecified atom stereocenters. The minimum Gasteiger partial charge on any atom is -0.348 e. The van der Waals surface area contributed by atoms with Crippen molar-refractivity contribution in [2.75, 3.05) is 0 Å². The highest BCUT2D eigenvalue weighted by Crippen LogP contribution is 2.30. The largest absolute Gasteiger partial charge is 0.348 e. The van der Waals surface area contributed by atoms with E-state index in [-0.39, 0.29) is 5.41 Å². The van der Waals surface area contributed by atoms with Crippen molar-refractivity contribution in [2.24, 2.45) is 0 Å². The molecule has 1 heterocycles. The van der Waals surface area contributed by atoms with Crippen molar-refractivity contribution in [1.82, 2.24) is 9.97 Å². The number of rotatable bonds is 4. The second kappa shape index (κ2) is 4.74. The van der Waals surface area contributed by atoms with Crippen molar-refractivity contribution in [1.29, 1.82) is 0 Å². The Hall–Kier alpha value is -1.57. The Balaban J connectivity index is 2.30. The molecular weight excluding hydrogens is 208 g/mol. The second-order valence-corrected chi connectivity index (χ2v) is 4.98. The van der Waals surface area contributed by atoms with Crippen LogP contribution in [-0.4, -0.2) is 9.97 Å². The highest BCUT2D eigenvalue weighted by atomic mass is 14.9. The van der Waals surface area contributed by atoms with Crippen LogP contribution in [0, 0.1) is 6.92 Å². The summed E-state index contributed by atoms with van der Waals surface area (Å²) >= 11 is 0. The zero-order valence-corrected chi connectivity index (χ0v) is 10.8. The van der Waals surface area contributed by atoms with Gasteiger partial charge in [-0.25, -0.2) is 4.98 Å². The van der Waals surface area contributed by atoms with E-state index in [2.05, 4.69) is 55.0 Å². The maximum atomic E-state index is 4.14. The molecule has 0 aliphatic heterocycles. The molecule has 0 aliphatic carbocycles. The fourth-order valence-corrected chi connectivity index (χ4v) is 2.23. The summed E-state index contributed by atoms with van der Waals surface area (Å²) in [5, 5.41) is 0. The number of imidazole rings is 1. The lowest BCUT2D eigenvalue weighted by atomic mass is 9.78. The minimum atomic E-state index is 0.141. The van der Waals surface area contributed by atoms with Crippen LogP contribution < -0.4 is 0 Å². The van der Waals surface area contributed by atoms with Crippen molar-refractivity contribution in [3.05, 3.63) is 53.6 Å². The first kappa shape index (κ1) is 11.9. The molecule has 0 aliphatic rings. The number of benzene rings is 1. The predicted octanol–water partition coefficient (Wildman–Crippen LogP) is 3.63. The van der Waals surface area contributed by atoms with Gasteiger partial charge in [-0.05, 0) is 30.9 Å². The summed E-state index contributed by atoms with van der Waals surface area (Å²) < 4.78 is 0. The molecule has 2 nitrogen and oxygen atoms in total. The standard InChI is InChI=1S/C15H20N2/c1-4-15(3,14-10-16-11-17-14)9-13-8-6-5-7-12(13)2/h5-8,10-11H,4,9H2,1-3H3,(H,16,17). The molecule has 0 saturated carbocycles. The third kappa shape index (κ3) is 2.41. The van der Waals surface area contributed by atoms with Gasteiger partial charge < -0.3 is 4.98 Å². The molecule has 0 bridgehead atoms. The van der Waals surface area contributed by atoms with Crippen molar-refractivity contribution in [2.45, 2.75) is 39.0 Å². The molecule has 1 aromatic heterocycles. The van der Waals surface area contributed by atoms with Gasteiger partial charge in [0.25, 0.3) is 0 Å². The highest BCUT2D eigenvalue weighted by molar-refractivity contribution is 5.29. The zero-order chi connectivity index (χ0) is 12.3. The first-order valence-corrected chi connectivity index (χ1v) is 6.19. The molecule has 90 valence electrons. The first-order valence-electron chi connectivity index (χ1n) is 6.19. The second-order valence-electron chi connectivity index (χ2n) is 4.98. The van der Waals surface area contributed by atoms with Crippen LogP contribution in [0.1, 0.15) is 37.1 Å². The first-order chi connectivity index (χ1) is 8.15. The Morgan fingerprint density at radius 2 is 2.06 bits per heavy atom. The molecular formula is C15H20N2. The van der Waals surface area contributed by atoms with Gasteiger partial charge in [0, 0.05) is 17.3 Å². The lowest BCUT2D eigenvalue weighted by molar-refractivity contribution is 0.439. The molecule has 1 aromatic carbocycles. The van der Waals surface area contributed by atoms with Gasteiger partial charge in [-0.1, -0.05) is 38.1 Å². The van der Waals surface area contributed by atoms with E-state index >= 15 is 0 Å². The minimum absolute atomic E-state index is 0.141. The molecule has 1 N–H and O–H groups in total. The van der Waals surface area contributed by atoms with Gasteiger partial charge in [0.2, 0.25) is 0 Å². The zero-order valence-electron chi connectivity index (χ0n) is 10.8. The van der Waals surface area contributed by atoms with E-state index in [1.807, 2.05) is 6.20 Å². The topological polar surface area (TPSA) is 28.7 Å². The number of aromatic amines is 1. The third-order valence-electron chi connectivity index (χ3n) is 3.77. The van der Waals surface area contributed by atoms with E-state index in [1.54, 1.807) is 6.33 Å². The maximum absolute atomic E-state index is 4.14. The molecule has 2 heteroatoms. The summed E-state index contributed by atoms with van der Waals surface area (Å²) in [5.74, 6) is 0. The van der Waals surface area contributed by atoms with Gasteiger partial charge in [-0.15, -0.1) is 0 Å². The van der Waals surface area contributed by atoms with Crippen molar-refractivity contribution in [3.63, 3.8) is 0 Å². The Kier molecular flexibility index (Phi) is 3.32. The average molecular weight is 228 g/mol. The predicted molar refractivity (Wildman–Crippen MR) is 71.1 cm³/mol. The van der Waals surface area contributed by atoms with Crippen molar-refractivity contribution >= 4 is 0 Å². The third-order valence-corrected chi connectivity index (χ3v) is 3.77. The van der Waals surface area contributed by atoms with Gasteiger partial charge in [-0.2, -0.15) is 0 Å². The Morgan fingerprint density at radius 3 is 2.65 bits per heavy atom. The Morgan fingerprint density at radius 1 is 1.29 bits per heavy atom. The lowest BCUT2D eigenvalue weighted by Crippen LogP contribution is -2.25. The number of H-pyrrole nitrogens is 1. The lowest BCUT2D eigenvalue weighted by Gasteiger charge is -2.27. The van der Waals surface area contributed by atoms with Gasteiger partial charge >= 0.3 is 0 Å². The average Bonchev–Trinajstić information content (AvgIpc) is 2.86. The van der Waals surface area contributed by atoms with Crippen LogP contribution in [0.5, 0.6) is 0 Å². The maximum Gasteiger partial charge on any atom is 0.0921 e. The van der Waals surface area contributed by atoms with Gasteiger partial charge in [0.15, 0.2) is 0 Å². The summed E-state index contributed by atoms with van der Waals surface area (Å²) in [4.78, 5) is 7.40. The summed E-state index contributed by atoms with van der Waals surface area (Å²) in [6.45, 7) is 6.71. The van der Waals surface area contributed by atoms with E-state index in [4.69, 9.17) is 0 Å². The molecule has 2 rings (SSSR count). The summed E-state index contributed by atoms with van der Waals surface area (Å²) in [5.41, 5.74) is 4.16. The monoisotopic (exact) mass is 228 g/mol. The summed E-state index contributed by atoms with van der Waals surface area (Å²) in [7, 11) is 0. The summed E-state index contributed by atoms with van der Waals surface area (Å²) in [6, 6.07) is 8.61. The fraction of sp³-hybridized carbons (Fsp3) is 0.400. The van der Waals surface area contributed by atoms with E-state index in [1.165, 1.54) is 16.8 Å². The molecule has 1 atom stereocenters. The molecule has 0 amide bonds. The number of aromatic nitrogens is 2. The highest BCUT2D eigenvalue weighted by Gasteiger charge is 2.26. The van der Waals surface area contributed by atoms with Crippen LogP contribution >= 0.6 is 0 Å². The number of aryl methyl sites for hydroxylation is 1. The van der Waals surface area contributed by atoms with Crippen LogP contribution in [0.3, 0.4) is 0 Å². The molecule has 17 heavy (non-hydrogen) atoms. The van der Waals surface area contributed by atoms with E-state index in [0.29, 0.717) is 0 Å². The quantitative estimate of drug-likeness (QED) is 0.850. The van der Waals surface area contributed by atoms with Crippen LogP contribution in [0.2, 0.25) is 0 Å². The van der Waals surface area contributed by atoms with E-state index < -0.39 is 0 Å². The summed E-state index contributed by atoms with van der Waals surface area (Å²) in [6.07, 6.45) is 5.87. The smallest absolute Gasteiger partial charge is 0.0921 e. The van der Waals surface area contributed by atoms with Crippen LogP contribution in [-0.2, 0) is 11.8 Å². The van der Waals surface area contributed by atoms with Gasteiger partial charge in [0.1, 0.15) is 0 Å². The Bertz CT molecular complexity index is 473. The van der Waals surface area contributed by atoms with E-state index in [0.717, 1.165) is 12.8 Å². The number of nitrogens with zero attached hydrogens (tertiary/aromatic N) is 1. The molecule has 0 radical (unpaired) electrons. The molecule has 0 spiro atoms. The van der Waals surface area contributed by atoms with Crippen LogP contribution in [0.15, 0.2) is 36.8 Å². The number of hydrogen-bond donors (Lipinski definition) is 1. The molecule has 2 aromatic rings. The fourth-order valence-electron chi connectivity index (χ4n) is 2.23. The van der Waals surface area contributed by atoms with Crippen molar-refractivity contribution in [3.8, 4) is 0 Å². The normalized spacial score (nSPS) is 14.5. The SMILES string of the molecule is CCC(C)(Cc1ccccc1C)c1cnc[nH]1. The number of hydrogen-bond acceptors (Lipinski definition) is 1. The molecule has 0 fully saturated rings. The van der Waals surface area contributed by atoms with E-state index in [9.17, 15) is 0 Å². The van der Waals surface area contributed by atoms with Gasteiger partial charge in [0.05, 0.1) is 6.33 Å². The number of nitrogens with one attached hydrogen (secondary N) is 1. The molecule has 0 saturated heterocycles. The van der Waals surface area contributed by atoms with Crippen LogP contribution in [0.25, 0.3) is 0 Å². The van der Waals surface area contributed by atoms with Crippen molar-refractivity contribution < 1.29 is 0 Å². The van der Waals surface area contributed by atoms with Gasteiger partial charge in [-0.3, -0.25) is 0 Å². The van der Waals surface area contributed by atoms with Crippen LogP contribution in [0.4, 0.5) is 0 Å². The Labute approximate surface area is 103 Å².